The quantitative estimate of drug-likeness (QED) is 0.276. The van der Waals surface area contributed by atoms with Crippen LogP contribution in [0.2, 0.25) is 0 Å². The number of ketones is 2. The second-order valence-corrected chi connectivity index (χ2v) is 11.6. The molecule has 0 aromatic heterocycles. The fourth-order valence-electron chi connectivity index (χ4n) is 4.02. The predicted molar refractivity (Wildman–Crippen MR) is 143 cm³/mol. The number of thioether (sulfide) groups is 1. The molecule has 0 atom stereocenters. The largest absolute Gasteiger partial charge is 0.286 e. The van der Waals surface area contributed by atoms with Gasteiger partial charge in [0.2, 0.25) is 11.6 Å². The molecule has 4 aromatic rings. The lowest BCUT2D eigenvalue weighted by Gasteiger charge is -2.20. The minimum absolute atomic E-state index is 0.0800. The predicted octanol–water partition coefficient (Wildman–Crippen LogP) is 8.19. The van der Waals surface area contributed by atoms with Crippen molar-refractivity contribution in [3.63, 3.8) is 0 Å². The molecule has 0 saturated heterocycles. The molecule has 0 amide bonds. The smallest absolute Gasteiger partial charge is 0.233 e. The first-order chi connectivity index (χ1) is 16.3. The van der Waals surface area contributed by atoms with Gasteiger partial charge in [0.15, 0.2) is 0 Å². The number of fused-ring (bicyclic) bond motifs is 2. The summed E-state index contributed by atoms with van der Waals surface area (Å²) in [5, 5.41) is 2.04. The van der Waals surface area contributed by atoms with E-state index in [9.17, 15) is 9.59 Å². The Kier molecular flexibility index (Phi) is 5.97. The first-order valence-electron chi connectivity index (χ1n) is 11.2. The maximum atomic E-state index is 12.9. The molecule has 5 rings (SSSR count). The summed E-state index contributed by atoms with van der Waals surface area (Å²) in [6, 6.07) is 28.7. The fraction of sp³-hybridized carbons (Fsp3) is 0.133. The molecule has 4 aromatic carbocycles. The maximum absolute atomic E-state index is 12.9. The molecule has 0 aliphatic heterocycles. The Morgan fingerprint density at radius 3 is 2.09 bits per heavy atom. The molecular formula is C30H24O2S2. The van der Waals surface area contributed by atoms with Crippen LogP contribution in [0.25, 0.3) is 15.7 Å². The van der Waals surface area contributed by atoms with Crippen LogP contribution in [0, 0.1) is 0 Å². The van der Waals surface area contributed by atoms with Crippen LogP contribution in [-0.2, 0) is 10.2 Å². The summed E-state index contributed by atoms with van der Waals surface area (Å²) >= 11 is 3.19. The van der Waals surface area contributed by atoms with Crippen LogP contribution in [0.1, 0.15) is 42.3 Å². The van der Waals surface area contributed by atoms with Gasteiger partial charge in [0.05, 0.1) is 0 Å². The maximum Gasteiger partial charge on any atom is 0.233 e. The van der Waals surface area contributed by atoms with E-state index in [4.69, 9.17) is 0 Å². The van der Waals surface area contributed by atoms with E-state index in [1.54, 1.807) is 11.8 Å². The SMILES string of the molecule is CC(C)(C)c1ccc(SC2=CC(=O)C(=O)c3cc4c(Sc5ccccc5)cccc4cc32)cc1. The highest BCUT2D eigenvalue weighted by molar-refractivity contribution is 8.08. The standard InChI is InChI=1S/C30H24O2S2/c1-30(2,3)20-12-14-22(15-13-20)34-28-18-26(31)29(32)25-17-23-19(16-24(25)28)8-7-11-27(23)33-21-9-5-4-6-10-21/h4-18H,1-3H3. The molecule has 4 heteroatoms. The van der Waals surface area contributed by atoms with Crippen molar-refractivity contribution in [1.29, 1.82) is 0 Å². The van der Waals surface area contributed by atoms with Gasteiger partial charge in [-0.05, 0) is 64.2 Å². The van der Waals surface area contributed by atoms with Crippen molar-refractivity contribution < 1.29 is 9.59 Å². The highest BCUT2D eigenvalue weighted by Gasteiger charge is 2.27. The summed E-state index contributed by atoms with van der Waals surface area (Å²) in [4.78, 5) is 29.5. The molecular weight excluding hydrogens is 456 g/mol. The van der Waals surface area contributed by atoms with Gasteiger partial charge in [0.1, 0.15) is 0 Å². The van der Waals surface area contributed by atoms with E-state index in [1.165, 1.54) is 23.4 Å². The Morgan fingerprint density at radius 2 is 1.38 bits per heavy atom. The molecule has 0 radical (unpaired) electrons. The first-order valence-corrected chi connectivity index (χ1v) is 12.8. The summed E-state index contributed by atoms with van der Waals surface area (Å²) in [6.07, 6.45) is 1.49. The molecule has 0 N–H and O–H groups in total. The Labute approximate surface area is 208 Å². The van der Waals surface area contributed by atoms with Crippen LogP contribution in [0.3, 0.4) is 0 Å². The van der Waals surface area contributed by atoms with Crippen LogP contribution in [0.5, 0.6) is 0 Å². The van der Waals surface area contributed by atoms with Crippen molar-refractivity contribution in [2.75, 3.05) is 0 Å². The summed E-state index contributed by atoms with van der Waals surface area (Å²) in [6.45, 7) is 6.57. The molecule has 1 aliphatic rings. The van der Waals surface area contributed by atoms with Crippen molar-refractivity contribution in [3.8, 4) is 0 Å². The Hall–Kier alpha value is -3.08. The number of hydrogen-bond donors (Lipinski definition) is 0. The van der Waals surface area contributed by atoms with E-state index in [0.717, 1.165) is 35.9 Å². The molecule has 0 fully saturated rings. The van der Waals surface area contributed by atoms with Crippen LogP contribution in [0.4, 0.5) is 0 Å². The molecule has 0 heterocycles. The van der Waals surface area contributed by atoms with Crippen molar-refractivity contribution >= 4 is 50.8 Å². The monoisotopic (exact) mass is 480 g/mol. The summed E-state index contributed by atoms with van der Waals surface area (Å²) < 4.78 is 0. The minimum atomic E-state index is -0.464. The van der Waals surface area contributed by atoms with E-state index >= 15 is 0 Å². The van der Waals surface area contributed by atoms with Gasteiger partial charge in [-0.25, -0.2) is 0 Å². The van der Waals surface area contributed by atoms with Gasteiger partial charge < -0.3 is 0 Å². The second-order valence-electron chi connectivity index (χ2n) is 9.37. The number of Topliss-reactive ketones (excluding diaryl/α,β-unsaturated/α-hetero) is 1. The molecule has 0 spiro atoms. The Balaban J connectivity index is 1.55. The number of benzene rings is 4. The van der Waals surface area contributed by atoms with Gasteiger partial charge in [-0.3, -0.25) is 9.59 Å². The number of rotatable bonds is 4. The van der Waals surface area contributed by atoms with E-state index in [1.807, 2.05) is 36.4 Å². The average molecular weight is 481 g/mol. The molecule has 0 bridgehead atoms. The highest BCUT2D eigenvalue weighted by atomic mass is 32.2. The van der Waals surface area contributed by atoms with Gasteiger partial charge in [-0.15, -0.1) is 0 Å². The lowest BCUT2D eigenvalue weighted by atomic mass is 9.87. The zero-order valence-electron chi connectivity index (χ0n) is 19.3. The summed E-state index contributed by atoms with van der Waals surface area (Å²) in [5.41, 5.74) is 2.64. The summed E-state index contributed by atoms with van der Waals surface area (Å²) in [5.74, 6) is -0.905. The fourth-order valence-corrected chi connectivity index (χ4v) is 5.97. The van der Waals surface area contributed by atoms with Gasteiger partial charge >= 0.3 is 0 Å². The summed E-state index contributed by atoms with van der Waals surface area (Å²) in [7, 11) is 0. The van der Waals surface area contributed by atoms with Crippen molar-refractivity contribution in [1.82, 2.24) is 0 Å². The Morgan fingerprint density at radius 1 is 0.676 bits per heavy atom. The highest BCUT2D eigenvalue weighted by Crippen LogP contribution is 2.42. The van der Waals surface area contributed by atoms with E-state index in [-0.39, 0.29) is 5.41 Å². The van der Waals surface area contributed by atoms with Gasteiger partial charge in [-0.1, -0.05) is 86.8 Å². The topological polar surface area (TPSA) is 34.1 Å². The zero-order chi connectivity index (χ0) is 23.9. The number of hydrogen-bond acceptors (Lipinski definition) is 4. The lowest BCUT2D eigenvalue weighted by Crippen LogP contribution is -2.18. The van der Waals surface area contributed by atoms with Crippen molar-refractivity contribution in [2.45, 2.75) is 40.9 Å². The third kappa shape index (κ3) is 4.48. The Bertz CT molecular complexity index is 1440. The van der Waals surface area contributed by atoms with Gasteiger partial charge in [0.25, 0.3) is 0 Å². The normalized spacial score (nSPS) is 13.7. The van der Waals surface area contributed by atoms with Crippen LogP contribution in [0.15, 0.2) is 106 Å². The van der Waals surface area contributed by atoms with Crippen LogP contribution >= 0.6 is 23.5 Å². The van der Waals surface area contributed by atoms with E-state index < -0.39 is 11.6 Å². The number of allylic oxidation sites excluding steroid dienone is 1. The van der Waals surface area contributed by atoms with E-state index in [0.29, 0.717) is 5.56 Å². The van der Waals surface area contributed by atoms with Crippen molar-refractivity contribution in [2.24, 2.45) is 0 Å². The van der Waals surface area contributed by atoms with E-state index in [2.05, 4.69) is 69.3 Å². The molecule has 2 nitrogen and oxygen atoms in total. The third-order valence-corrected chi connectivity index (χ3v) is 8.04. The molecule has 168 valence electrons. The zero-order valence-corrected chi connectivity index (χ0v) is 20.9. The van der Waals surface area contributed by atoms with Crippen molar-refractivity contribution in [3.05, 3.63) is 108 Å². The molecule has 1 aliphatic carbocycles. The minimum Gasteiger partial charge on any atom is -0.286 e. The third-order valence-electron chi connectivity index (χ3n) is 5.89. The molecule has 0 saturated carbocycles. The number of carbonyl (C=O) groups excluding carboxylic acids is 2. The second kappa shape index (κ2) is 8.94. The molecule has 34 heavy (non-hydrogen) atoms. The van der Waals surface area contributed by atoms with Crippen LogP contribution < -0.4 is 0 Å². The first kappa shape index (κ1) is 22.7. The molecule has 0 unspecified atom stereocenters. The van der Waals surface area contributed by atoms with Gasteiger partial charge in [-0.2, -0.15) is 0 Å². The lowest BCUT2D eigenvalue weighted by molar-refractivity contribution is -0.110. The van der Waals surface area contributed by atoms with Gasteiger partial charge in [0, 0.05) is 36.8 Å². The number of carbonyl (C=O) groups is 2. The average Bonchev–Trinajstić information content (AvgIpc) is 2.82. The van der Waals surface area contributed by atoms with Crippen LogP contribution in [-0.4, -0.2) is 11.6 Å².